The zero-order valence-electron chi connectivity index (χ0n) is 22.7. The highest BCUT2D eigenvalue weighted by Crippen LogP contribution is 2.40. The number of alkyl halides is 3. The van der Waals surface area contributed by atoms with Crippen LogP contribution in [0, 0.1) is 17.7 Å². The van der Waals surface area contributed by atoms with E-state index in [9.17, 15) is 22.8 Å². The van der Waals surface area contributed by atoms with Crippen LogP contribution in [0.1, 0.15) is 20.3 Å². The molecule has 2 aromatic carbocycles. The minimum atomic E-state index is -4.72. The summed E-state index contributed by atoms with van der Waals surface area (Å²) in [5.74, 6) is -5.77. The molecule has 8 nitrogen and oxygen atoms in total. The lowest BCUT2D eigenvalue weighted by molar-refractivity contribution is -0.197. The average molecular weight is 561 g/mol. The van der Waals surface area contributed by atoms with E-state index in [1.807, 2.05) is 32.8 Å². The Labute approximate surface area is 229 Å². The van der Waals surface area contributed by atoms with E-state index in [-0.39, 0.29) is 23.3 Å². The second kappa shape index (κ2) is 10.4. The number of amides is 2. The minimum Gasteiger partial charge on any atom is -0.367 e. The normalized spacial score (nSPS) is 24.3. The van der Waals surface area contributed by atoms with E-state index in [0.29, 0.717) is 24.3 Å². The van der Waals surface area contributed by atoms with E-state index in [2.05, 4.69) is 20.5 Å². The zero-order chi connectivity index (χ0) is 28.9. The fourth-order valence-electron chi connectivity index (χ4n) is 5.67. The van der Waals surface area contributed by atoms with Gasteiger partial charge in [0.1, 0.15) is 5.82 Å². The van der Waals surface area contributed by atoms with Gasteiger partial charge in [-0.25, -0.2) is 9.37 Å². The van der Waals surface area contributed by atoms with Gasteiger partial charge in [0.05, 0.1) is 40.6 Å². The van der Waals surface area contributed by atoms with Crippen LogP contribution >= 0.6 is 0 Å². The topological polar surface area (TPSA) is 82.5 Å². The number of aromatic nitrogens is 2. The fraction of sp³-hybridized carbons (Fsp3) is 0.464. The lowest BCUT2D eigenvalue weighted by atomic mass is 9.84. The van der Waals surface area contributed by atoms with Crippen LogP contribution in [0.2, 0.25) is 0 Å². The quantitative estimate of drug-likeness (QED) is 0.469. The number of benzene rings is 2. The van der Waals surface area contributed by atoms with Gasteiger partial charge in [0.25, 0.3) is 0 Å². The number of carbonyl (C=O) groups excluding carboxylic acids is 2. The van der Waals surface area contributed by atoms with Gasteiger partial charge < -0.3 is 20.1 Å². The molecule has 0 bridgehead atoms. The summed E-state index contributed by atoms with van der Waals surface area (Å²) in [6.07, 6.45) is -3.89. The molecular formula is C28H32F4N6O2. The fourth-order valence-corrected chi connectivity index (χ4v) is 5.67. The van der Waals surface area contributed by atoms with Gasteiger partial charge in [-0.3, -0.25) is 14.5 Å². The van der Waals surface area contributed by atoms with E-state index >= 15 is 4.39 Å². The number of carbonyl (C=O) groups is 2. The maximum Gasteiger partial charge on any atom is 0.393 e. The van der Waals surface area contributed by atoms with Gasteiger partial charge >= 0.3 is 6.18 Å². The van der Waals surface area contributed by atoms with Crippen molar-refractivity contribution >= 4 is 34.2 Å². The Hall–Kier alpha value is -3.67. The number of fused-ring (bicyclic) bond motifs is 1. The van der Waals surface area contributed by atoms with Gasteiger partial charge in [-0.1, -0.05) is 6.07 Å². The number of likely N-dealkylation sites (N-methyl/N-ethyl adjacent to an activating group) is 1. The number of hydrogen-bond acceptors (Lipinski definition) is 5. The van der Waals surface area contributed by atoms with Crippen molar-refractivity contribution in [3.05, 3.63) is 42.5 Å². The minimum absolute atomic E-state index is 0.116. The monoisotopic (exact) mass is 560 g/mol. The first-order chi connectivity index (χ1) is 18.8. The van der Waals surface area contributed by atoms with E-state index in [1.54, 1.807) is 29.1 Å². The van der Waals surface area contributed by atoms with Crippen LogP contribution < -0.4 is 15.5 Å². The highest BCUT2D eigenvalue weighted by molar-refractivity contribution is 5.98. The highest BCUT2D eigenvalue weighted by atomic mass is 19.4. The van der Waals surface area contributed by atoms with Crippen molar-refractivity contribution in [1.82, 2.24) is 19.8 Å². The maximum atomic E-state index is 15.8. The first-order valence-electron chi connectivity index (χ1n) is 13.2. The molecule has 2 fully saturated rings. The molecule has 214 valence electrons. The van der Waals surface area contributed by atoms with Crippen molar-refractivity contribution in [2.24, 2.45) is 18.9 Å². The SMILES string of the molecule is C[C@@H]1CN(c2cc(F)c(-c3ccc4ncn(C)c4c3)cc2NC(=O)C2CNC(=O)CC2C(F)(F)F)C[C@H](C)N1C. The largest absolute Gasteiger partial charge is 0.393 e. The van der Waals surface area contributed by atoms with Crippen LogP contribution in [0.4, 0.5) is 28.9 Å². The van der Waals surface area contributed by atoms with Crippen LogP contribution in [-0.4, -0.2) is 71.2 Å². The second-order valence-electron chi connectivity index (χ2n) is 10.9. The molecule has 2 aliphatic heterocycles. The molecule has 3 aromatic rings. The lowest BCUT2D eigenvalue weighted by Gasteiger charge is -2.44. The van der Waals surface area contributed by atoms with Gasteiger partial charge in [0.2, 0.25) is 11.8 Å². The van der Waals surface area contributed by atoms with Crippen molar-refractivity contribution < 1.29 is 27.2 Å². The van der Waals surface area contributed by atoms with Gasteiger partial charge in [0, 0.05) is 50.7 Å². The molecule has 2 amide bonds. The van der Waals surface area contributed by atoms with Crippen molar-refractivity contribution in [3.8, 4) is 11.1 Å². The molecule has 4 atom stereocenters. The summed E-state index contributed by atoms with van der Waals surface area (Å²) in [6, 6.07) is 8.32. The Balaban J connectivity index is 1.56. The van der Waals surface area contributed by atoms with Crippen LogP contribution in [-0.2, 0) is 16.6 Å². The third-order valence-electron chi connectivity index (χ3n) is 8.25. The van der Waals surface area contributed by atoms with Crippen molar-refractivity contribution in [2.75, 3.05) is 36.9 Å². The summed E-state index contributed by atoms with van der Waals surface area (Å²) in [6.45, 7) is 4.71. The molecule has 0 aliphatic carbocycles. The van der Waals surface area contributed by atoms with E-state index in [4.69, 9.17) is 0 Å². The average Bonchev–Trinajstić information content (AvgIpc) is 3.27. The summed E-state index contributed by atoms with van der Waals surface area (Å²) >= 11 is 0. The molecule has 1 aromatic heterocycles. The summed E-state index contributed by atoms with van der Waals surface area (Å²) in [4.78, 5) is 33.5. The van der Waals surface area contributed by atoms with Crippen molar-refractivity contribution in [3.63, 3.8) is 0 Å². The Bertz CT molecular complexity index is 1440. The summed E-state index contributed by atoms with van der Waals surface area (Å²) < 4.78 is 59.0. The first-order valence-corrected chi connectivity index (χ1v) is 13.2. The molecule has 0 spiro atoms. The number of anilines is 2. The summed E-state index contributed by atoms with van der Waals surface area (Å²) in [5.41, 5.74) is 2.85. The Kier molecular flexibility index (Phi) is 7.24. The molecule has 40 heavy (non-hydrogen) atoms. The Morgan fingerprint density at radius 3 is 2.48 bits per heavy atom. The number of nitrogens with one attached hydrogen (secondary N) is 2. The number of piperazine rings is 1. The smallest absolute Gasteiger partial charge is 0.367 e. The molecule has 2 saturated heterocycles. The molecule has 12 heteroatoms. The van der Waals surface area contributed by atoms with Gasteiger partial charge in [-0.15, -0.1) is 0 Å². The van der Waals surface area contributed by atoms with Crippen LogP contribution in [0.25, 0.3) is 22.2 Å². The Morgan fingerprint density at radius 2 is 1.80 bits per heavy atom. The van der Waals surface area contributed by atoms with E-state index < -0.39 is 48.6 Å². The van der Waals surface area contributed by atoms with Crippen LogP contribution in [0.15, 0.2) is 36.7 Å². The van der Waals surface area contributed by atoms with Gasteiger partial charge in [-0.05, 0) is 50.7 Å². The molecule has 0 radical (unpaired) electrons. The summed E-state index contributed by atoms with van der Waals surface area (Å²) in [7, 11) is 3.82. The zero-order valence-corrected chi connectivity index (χ0v) is 22.7. The van der Waals surface area contributed by atoms with Crippen LogP contribution in [0.3, 0.4) is 0 Å². The molecule has 2 aliphatic rings. The predicted molar refractivity (Wildman–Crippen MR) is 144 cm³/mol. The number of piperidine rings is 1. The third-order valence-corrected chi connectivity index (χ3v) is 8.25. The maximum absolute atomic E-state index is 15.8. The number of aryl methyl sites for hydroxylation is 1. The van der Waals surface area contributed by atoms with Gasteiger partial charge in [-0.2, -0.15) is 13.2 Å². The van der Waals surface area contributed by atoms with Crippen LogP contribution in [0.5, 0.6) is 0 Å². The third kappa shape index (κ3) is 5.24. The molecule has 0 saturated carbocycles. The highest BCUT2D eigenvalue weighted by Gasteiger charge is 2.50. The molecular weight excluding hydrogens is 528 g/mol. The van der Waals surface area contributed by atoms with E-state index in [0.717, 1.165) is 11.0 Å². The van der Waals surface area contributed by atoms with Crippen molar-refractivity contribution in [2.45, 2.75) is 38.5 Å². The number of imidazole rings is 1. The number of rotatable bonds is 4. The summed E-state index contributed by atoms with van der Waals surface area (Å²) in [5, 5.41) is 5.06. The lowest BCUT2D eigenvalue weighted by Crippen LogP contribution is -2.55. The predicted octanol–water partition coefficient (Wildman–Crippen LogP) is 4.16. The second-order valence-corrected chi connectivity index (χ2v) is 10.9. The molecule has 2 N–H and O–H groups in total. The van der Waals surface area contributed by atoms with Gasteiger partial charge in [0.15, 0.2) is 0 Å². The number of halogens is 4. The molecule has 2 unspecified atom stereocenters. The number of hydrogen-bond donors (Lipinski definition) is 2. The molecule has 3 heterocycles. The van der Waals surface area contributed by atoms with E-state index in [1.165, 1.54) is 12.1 Å². The standard InChI is InChI=1S/C28H32F4N6O2/c1-15-12-38(13-16(2)37(15)4)25-10-21(29)18(17-5-6-22-24(7-17)36(3)14-34-22)8-23(25)35-27(40)19-11-33-26(39)9-20(19)28(30,31)32/h5-8,10,14-16,19-20H,9,11-13H2,1-4H3,(H,33,39)(H,35,40)/t15-,16+,19?,20?. The first kappa shape index (κ1) is 27.9. The number of nitrogens with zero attached hydrogens (tertiary/aromatic N) is 4. The molecule has 5 rings (SSSR count). The Morgan fingerprint density at radius 1 is 1.10 bits per heavy atom. The van der Waals surface area contributed by atoms with Crippen molar-refractivity contribution in [1.29, 1.82) is 0 Å².